The third-order valence-electron chi connectivity index (χ3n) is 4.40. The van der Waals surface area contributed by atoms with Crippen molar-refractivity contribution in [3.05, 3.63) is 58.4 Å². The van der Waals surface area contributed by atoms with Crippen LogP contribution in [0.4, 0.5) is 10.5 Å². The molecule has 0 fully saturated rings. The molecule has 0 bridgehead atoms. The first-order valence-electron chi connectivity index (χ1n) is 9.07. The number of primary amides is 1. The number of nitriles is 1. The second kappa shape index (κ2) is 9.42. The van der Waals surface area contributed by atoms with E-state index >= 15 is 0 Å². The number of carbonyl (C=O) groups excluding carboxylic acids is 2. The molecular formula is C21H25N5O2. The van der Waals surface area contributed by atoms with E-state index in [-0.39, 0.29) is 12.1 Å². The fourth-order valence-corrected chi connectivity index (χ4v) is 2.97. The van der Waals surface area contributed by atoms with Gasteiger partial charge in [-0.15, -0.1) is 0 Å². The number of hydrogen-bond acceptors (Lipinski definition) is 3. The third-order valence-corrected chi connectivity index (χ3v) is 4.40. The van der Waals surface area contributed by atoms with Gasteiger partial charge >= 0.3 is 6.03 Å². The minimum atomic E-state index is -0.636. The summed E-state index contributed by atoms with van der Waals surface area (Å²) in [7, 11) is 0. The summed E-state index contributed by atoms with van der Waals surface area (Å²) in [5.74, 6) is -0.429. The van der Waals surface area contributed by atoms with Crippen LogP contribution in [0.25, 0.3) is 6.08 Å². The van der Waals surface area contributed by atoms with Gasteiger partial charge in [0.15, 0.2) is 0 Å². The van der Waals surface area contributed by atoms with Gasteiger partial charge in [-0.05, 0) is 55.7 Å². The Morgan fingerprint density at radius 3 is 2.50 bits per heavy atom. The number of amides is 3. The van der Waals surface area contributed by atoms with Gasteiger partial charge in [0.25, 0.3) is 5.91 Å². The SMILES string of the molecule is CCCn1c(C)cc(/C=C(\C#N)C(=O)NCc2ccc(NC(N)=O)cc2)c1C. The first kappa shape index (κ1) is 20.8. The third kappa shape index (κ3) is 5.24. The molecule has 0 aliphatic carbocycles. The Hall–Kier alpha value is -3.53. The highest BCUT2D eigenvalue weighted by molar-refractivity contribution is 6.01. The molecule has 7 heteroatoms. The average Bonchev–Trinajstić information content (AvgIpc) is 2.92. The van der Waals surface area contributed by atoms with E-state index in [0.29, 0.717) is 5.69 Å². The fourth-order valence-electron chi connectivity index (χ4n) is 2.97. The maximum atomic E-state index is 12.4. The summed E-state index contributed by atoms with van der Waals surface area (Å²) < 4.78 is 2.18. The number of aryl methyl sites for hydroxylation is 1. The van der Waals surface area contributed by atoms with Gasteiger partial charge < -0.3 is 20.9 Å². The Morgan fingerprint density at radius 2 is 1.93 bits per heavy atom. The van der Waals surface area contributed by atoms with Crippen molar-refractivity contribution in [2.75, 3.05) is 5.32 Å². The van der Waals surface area contributed by atoms with E-state index in [0.717, 1.165) is 35.5 Å². The van der Waals surface area contributed by atoms with E-state index in [1.807, 2.05) is 26.0 Å². The summed E-state index contributed by atoms with van der Waals surface area (Å²) in [4.78, 5) is 23.2. The molecule has 1 aromatic carbocycles. The molecule has 2 aromatic rings. The predicted octanol–water partition coefficient (Wildman–Crippen LogP) is 3.23. The second-order valence-corrected chi connectivity index (χ2v) is 6.52. The molecule has 146 valence electrons. The van der Waals surface area contributed by atoms with Gasteiger partial charge in [0.05, 0.1) is 0 Å². The van der Waals surface area contributed by atoms with Crippen LogP contribution in [0.1, 0.15) is 35.9 Å². The highest BCUT2D eigenvalue weighted by atomic mass is 16.2. The molecule has 28 heavy (non-hydrogen) atoms. The van der Waals surface area contributed by atoms with Crippen LogP contribution in [0.5, 0.6) is 0 Å². The molecule has 0 spiro atoms. The van der Waals surface area contributed by atoms with Crippen LogP contribution in [0, 0.1) is 25.2 Å². The van der Waals surface area contributed by atoms with Gasteiger partial charge in [-0.1, -0.05) is 19.1 Å². The Balaban J connectivity index is 2.08. The average molecular weight is 379 g/mol. The van der Waals surface area contributed by atoms with Crippen LogP contribution in [-0.2, 0) is 17.9 Å². The summed E-state index contributed by atoms with van der Waals surface area (Å²) in [6, 6.07) is 10.2. The van der Waals surface area contributed by atoms with E-state index in [1.165, 1.54) is 0 Å². The summed E-state index contributed by atoms with van der Waals surface area (Å²) in [5.41, 5.74) is 9.55. The number of anilines is 1. The fraction of sp³-hybridized carbons (Fsp3) is 0.286. The highest BCUT2D eigenvalue weighted by Crippen LogP contribution is 2.19. The lowest BCUT2D eigenvalue weighted by atomic mass is 10.1. The van der Waals surface area contributed by atoms with Crippen LogP contribution in [0.15, 0.2) is 35.9 Å². The summed E-state index contributed by atoms with van der Waals surface area (Å²) in [5, 5.41) is 14.6. The number of nitrogens with one attached hydrogen (secondary N) is 2. The van der Waals surface area contributed by atoms with Crippen LogP contribution in [-0.4, -0.2) is 16.5 Å². The quantitative estimate of drug-likeness (QED) is 0.507. The molecule has 7 nitrogen and oxygen atoms in total. The van der Waals surface area contributed by atoms with Crippen molar-refractivity contribution in [2.24, 2.45) is 5.73 Å². The number of nitrogens with two attached hydrogens (primary N) is 1. The molecule has 0 saturated heterocycles. The van der Waals surface area contributed by atoms with Gasteiger partial charge in [0.1, 0.15) is 11.6 Å². The molecule has 2 rings (SSSR count). The molecule has 0 aliphatic rings. The van der Waals surface area contributed by atoms with Crippen molar-refractivity contribution in [1.82, 2.24) is 9.88 Å². The van der Waals surface area contributed by atoms with Crippen molar-refractivity contribution in [1.29, 1.82) is 5.26 Å². The molecule has 0 radical (unpaired) electrons. The molecular weight excluding hydrogens is 354 g/mol. The second-order valence-electron chi connectivity index (χ2n) is 6.52. The van der Waals surface area contributed by atoms with Gasteiger partial charge in [-0.25, -0.2) is 4.79 Å². The number of urea groups is 1. The number of aromatic nitrogens is 1. The van der Waals surface area contributed by atoms with E-state index < -0.39 is 11.9 Å². The maximum absolute atomic E-state index is 12.4. The van der Waals surface area contributed by atoms with Gasteiger partial charge in [-0.3, -0.25) is 4.79 Å². The summed E-state index contributed by atoms with van der Waals surface area (Å²) in [6.45, 7) is 7.29. The maximum Gasteiger partial charge on any atom is 0.316 e. The molecule has 1 heterocycles. The Morgan fingerprint density at radius 1 is 1.25 bits per heavy atom. The zero-order chi connectivity index (χ0) is 20.7. The normalized spacial score (nSPS) is 11.0. The lowest BCUT2D eigenvalue weighted by Gasteiger charge is -2.08. The minimum Gasteiger partial charge on any atom is -0.351 e. The molecule has 0 saturated carbocycles. The monoisotopic (exact) mass is 379 g/mol. The number of nitrogens with zero attached hydrogens (tertiary/aromatic N) is 2. The summed E-state index contributed by atoms with van der Waals surface area (Å²) >= 11 is 0. The predicted molar refractivity (Wildman–Crippen MR) is 109 cm³/mol. The number of benzene rings is 1. The van der Waals surface area contributed by atoms with Gasteiger partial charge in [0.2, 0.25) is 0 Å². The van der Waals surface area contributed by atoms with Crippen LogP contribution < -0.4 is 16.4 Å². The Bertz CT molecular complexity index is 933. The minimum absolute atomic E-state index is 0.0590. The Labute approximate surface area is 164 Å². The van der Waals surface area contributed by atoms with Crippen molar-refractivity contribution in [2.45, 2.75) is 40.3 Å². The van der Waals surface area contributed by atoms with Gasteiger partial charge in [0, 0.05) is 30.2 Å². The van der Waals surface area contributed by atoms with Crippen LogP contribution in [0.2, 0.25) is 0 Å². The Kier molecular flexibility index (Phi) is 6.99. The molecule has 1 aromatic heterocycles. The number of rotatable bonds is 7. The van der Waals surface area contributed by atoms with Crippen LogP contribution in [0.3, 0.4) is 0 Å². The van der Waals surface area contributed by atoms with E-state index in [4.69, 9.17) is 5.73 Å². The van der Waals surface area contributed by atoms with Crippen molar-refractivity contribution < 1.29 is 9.59 Å². The number of carbonyl (C=O) groups is 2. The zero-order valence-corrected chi connectivity index (χ0v) is 16.4. The van der Waals surface area contributed by atoms with Crippen LogP contribution >= 0.6 is 0 Å². The standard InChI is InChI=1S/C21H25N5O2/c1-4-9-26-14(2)10-17(15(26)3)11-18(12-22)20(27)24-13-16-5-7-19(8-6-16)25-21(23)28/h5-8,10-11H,4,9,13H2,1-3H3,(H,24,27)(H3,23,25,28)/b18-11+. The van der Waals surface area contributed by atoms with E-state index in [9.17, 15) is 14.9 Å². The van der Waals surface area contributed by atoms with E-state index in [1.54, 1.807) is 30.3 Å². The molecule has 3 amide bonds. The van der Waals surface area contributed by atoms with E-state index in [2.05, 4.69) is 22.1 Å². The zero-order valence-electron chi connectivity index (χ0n) is 16.4. The topological polar surface area (TPSA) is 113 Å². The molecule has 0 atom stereocenters. The first-order chi connectivity index (χ1) is 13.3. The molecule has 4 N–H and O–H groups in total. The van der Waals surface area contributed by atoms with Gasteiger partial charge in [-0.2, -0.15) is 5.26 Å². The van der Waals surface area contributed by atoms with Crippen molar-refractivity contribution in [3.8, 4) is 6.07 Å². The number of hydrogen-bond donors (Lipinski definition) is 3. The molecule has 0 unspecified atom stereocenters. The summed E-state index contributed by atoms with van der Waals surface area (Å²) in [6.07, 6.45) is 2.64. The lowest BCUT2D eigenvalue weighted by Crippen LogP contribution is -2.24. The highest BCUT2D eigenvalue weighted by Gasteiger charge is 2.12. The first-order valence-corrected chi connectivity index (χ1v) is 9.07. The lowest BCUT2D eigenvalue weighted by molar-refractivity contribution is -0.117. The molecule has 0 aliphatic heterocycles. The largest absolute Gasteiger partial charge is 0.351 e. The van der Waals surface area contributed by atoms with Crippen molar-refractivity contribution in [3.63, 3.8) is 0 Å². The van der Waals surface area contributed by atoms with Crippen molar-refractivity contribution >= 4 is 23.7 Å². The smallest absolute Gasteiger partial charge is 0.316 e.